The number of carbonyl (C=O) groups excluding carboxylic acids is 2. The van der Waals surface area contributed by atoms with Crippen molar-refractivity contribution in [2.75, 3.05) is 19.6 Å². The first-order chi connectivity index (χ1) is 13.0. The summed E-state index contributed by atoms with van der Waals surface area (Å²) in [4.78, 5) is 26.9. The fourth-order valence-corrected chi connectivity index (χ4v) is 4.11. The van der Waals surface area contributed by atoms with E-state index in [1.807, 2.05) is 41.6 Å². The van der Waals surface area contributed by atoms with Gasteiger partial charge in [-0.1, -0.05) is 17.7 Å². The Kier molecular flexibility index (Phi) is 4.72. The molecule has 0 saturated carbocycles. The Morgan fingerprint density at radius 2 is 1.93 bits per heavy atom. The molecule has 2 aliphatic rings. The predicted molar refractivity (Wildman–Crippen MR) is 103 cm³/mol. The third kappa shape index (κ3) is 3.48. The molecule has 1 saturated heterocycles. The second-order valence-corrected chi connectivity index (χ2v) is 7.67. The Balaban J connectivity index is 1.44. The largest absolute Gasteiger partial charge is 0.351 e. The van der Waals surface area contributed by atoms with Crippen LogP contribution in [0.3, 0.4) is 0 Å². The van der Waals surface area contributed by atoms with Crippen molar-refractivity contribution < 1.29 is 9.59 Å². The van der Waals surface area contributed by atoms with Crippen LogP contribution in [0.4, 0.5) is 0 Å². The van der Waals surface area contributed by atoms with Gasteiger partial charge in [0.25, 0.3) is 11.8 Å². The van der Waals surface area contributed by atoms with E-state index in [1.165, 1.54) is 5.56 Å². The van der Waals surface area contributed by atoms with Gasteiger partial charge in [-0.15, -0.1) is 0 Å². The van der Waals surface area contributed by atoms with Gasteiger partial charge < -0.3 is 10.2 Å². The van der Waals surface area contributed by atoms with Gasteiger partial charge >= 0.3 is 0 Å². The Bertz CT molecular complexity index is 878. The van der Waals surface area contributed by atoms with E-state index in [9.17, 15) is 9.59 Å². The third-order valence-electron chi connectivity index (χ3n) is 5.68. The summed E-state index contributed by atoms with van der Waals surface area (Å²) in [5, 5.41) is 7.60. The summed E-state index contributed by atoms with van der Waals surface area (Å²) < 4.78 is 1.84. The van der Waals surface area contributed by atoms with Crippen molar-refractivity contribution in [3.63, 3.8) is 0 Å². The van der Waals surface area contributed by atoms with E-state index in [2.05, 4.69) is 16.5 Å². The summed E-state index contributed by atoms with van der Waals surface area (Å²) in [5.74, 6) is 0.389. The number of hydrogen-bond acceptors (Lipinski definition) is 3. The standard InChI is InChI=1S/C21H26N4O2/c1-14-4-5-17(15(2)12-14)21(27)24-10-6-16(7-11-24)18-13-19-20(26)22-8-3-9-25(19)23-18/h4-5,12-13,16H,3,6-11H2,1-2H3,(H,22,26). The Morgan fingerprint density at radius 3 is 2.67 bits per heavy atom. The number of nitrogens with zero attached hydrogens (tertiary/aromatic N) is 3. The molecule has 0 unspecified atom stereocenters. The average Bonchev–Trinajstić information content (AvgIpc) is 3.01. The Morgan fingerprint density at radius 1 is 1.15 bits per heavy atom. The topological polar surface area (TPSA) is 67.2 Å². The Labute approximate surface area is 159 Å². The molecule has 0 aliphatic carbocycles. The maximum atomic E-state index is 12.9. The SMILES string of the molecule is Cc1ccc(C(=O)N2CCC(c3cc4n(n3)CCCNC4=O)CC2)c(C)c1. The first-order valence-electron chi connectivity index (χ1n) is 9.75. The number of aryl methyl sites for hydroxylation is 3. The highest BCUT2D eigenvalue weighted by Gasteiger charge is 2.28. The van der Waals surface area contributed by atoms with Crippen LogP contribution in [0.15, 0.2) is 24.3 Å². The molecule has 2 amide bonds. The van der Waals surface area contributed by atoms with Crippen LogP contribution in [0, 0.1) is 13.8 Å². The van der Waals surface area contributed by atoms with Crippen LogP contribution in [-0.4, -0.2) is 46.1 Å². The van der Waals surface area contributed by atoms with Gasteiger partial charge in [0, 0.05) is 37.7 Å². The highest BCUT2D eigenvalue weighted by molar-refractivity contribution is 5.95. The lowest BCUT2D eigenvalue weighted by Crippen LogP contribution is -2.38. The molecular formula is C21H26N4O2. The zero-order chi connectivity index (χ0) is 19.0. The van der Waals surface area contributed by atoms with Gasteiger partial charge in [0.2, 0.25) is 0 Å². The van der Waals surface area contributed by atoms with E-state index in [0.29, 0.717) is 18.2 Å². The van der Waals surface area contributed by atoms with Crippen LogP contribution >= 0.6 is 0 Å². The molecule has 1 aromatic heterocycles. The van der Waals surface area contributed by atoms with Gasteiger partial charge in [0.1, 0.15) is 5.69 Å². The predicted octanol–water partition coefficient (Wildman–Crippen LogP) is 2.65. The van der Waals surface area contributed by atoms with Crippen LogP contribution in [0.25, 0.3) is 0 Å². The molecular weight excluding hydrogens is 340 g/mol. The van der Waals surface area contributed by atoms with Gasteiger partial charge in [-0.3, -0.25) is 14.3 Å². The lowest BCUT2D eigenvalue weighted by atomic mass is 9.92. The number of nitrogens with one attached hydrogen (secondary N) is 1. The molecule has 0 atom stereocenters. The molecule has 1 aromatic carbocycles. The zero-order valence-corrected chi connectivity index (χ0v) is 16.0. The highest BCUT2D eigenvalue weighted by Crippen LogP contribution is 2.29. The third-order valence-corrected chi connectivity index (χ3v) is 5.68. The second kappa shape index (κ2) is 7.18. The number of rotatable bonds is 2. The maximum Gasteiger partial charge on any atom is 0.269 e. The maximum absolute atomic E-state index is 12.9. The molecule has 4 rings (SSSR count). The van der Waals surface area contributed by atoms with E-state index < -0.39 is 0 Å². The summed E-state index contributed by atoms with van der Waals surface area (Å²) >= 11 is 0. The number of piperidine rings is 1. The molecule has 0 radical (unpaired) electrons. The van der Waals surface area contributed by atoms with Crippen LogP contribution < -0.4 is 5.32 Å². The molecule has 0 bridgehead atoms. The fourth-order valence-electron chi connectivity index (χ4n) is 4.11. The molecule has 0 spiro atoms. The van der Waals surface area contributed by atoms with Crippen LogP contribution in [0.2, 0.25) is 0 Å². The molecule has 1 N–H and O–H groups in total. The van der Waals surface area contributed by atoms with Gasteiger partial charge in [-0.25, -0.2) is 0 Å². The quantitative estimate of drug-likeness (QED) is 0.888. The summed E-state index contributed by atoms with van der Waals surface area (Å²) in [6.07, 6.45) is 2.67. The van der Waals surface area contributed by atoms with E-state index in [4.69, 9.17) is 0 Å². The summed E-state index contributed by atoms with van der Waals surface area (Å²) in [5.41, 5.74) is 4.65. The minimum absolute atomic E-state index is 0.0336. The smallest absolute Gasteiger partial charge is 0.269 e. The van der Waals surface area contributed by atoms with Crippen molar-refractivity contribution in [1.82, 2.24) is 20.0 Å². The van der Waals surface area contributed by atoms with Gasteiger partial charge in [-0.05, 0) is 50.8 Å². The number of hydrogen-bond donors (Lipinski definition) is 1. The molecule has 3 heterocycles. The monoisotopic (exact) mass is 366 g/mol. The lowest BCUT2D eigenvalue weighted by Gasteiger charge is -2.31. The van der Waals surface area contributed by atoms with Crippen molar-refractivity contribution in [3.05, 3.63) is 52.3 Å². The minimum Gasteiger partial charge on any atom is -0.351 e. The molecule has 2 aliphatic heterocycles. The van der Waals surface area contributed by atoms with E-state index in [-0.39, 0.29) is 11.8 Å². The number of likely N-dealkylation sites (tertiary alicyclic amines) is 1. The summed E-state index contributed by atoms with van der Waals surface area (Å²) in [7, 11) is 0. The summed E-state index contributed by atoms with van der Waals surface area (Å²) in [6.45, 7) is 6.97. The number of carbonyl (C=O) groups is 2. The van der Waals surface area contributed by atoms with Gasteiger partial charge in [-0.2, -0.15) is 5.10 Å². The molecule has 27 heavy (non-hydrogen) atoms. The normalized spacial score (nSPS) is 18.0. The fraction of sp³-hybridized carbons (Fsp3) is 0.476. The van der Waals surface area contributed by atoms with Crippen LogP contribution in [0.5, 0.6) is 0 Å². The molecule has 2 aromatic rings. The van der Waals surface area contributed by atoms with E-state index >= 15 is 0 Å². The number of benzene rings is 1. The van der Waals surface area contributed by atoms with Crippen molar-refractivity contribution in [1.29, 1.82) is 0 Å². The molecule has 6 heteroatoms. The van der Waals surface area contributed by atoms with Gasteiger partial charge in [0.05, 0.1) is 5.69 Å². The number of fused-ring (bicyclic) bond motifs is 1. The molecule has 142 valence electrons. The van der Waals surface area contributed by atoms with Gasteiger partial charge in [0.15, 0.2) is 0 Å². The zero-order valence-electron chi connectivity index (χ0n) is 16.0. The van der Waals surface area contributed by atoms with Crippen molar-refractivity contribution >= 4 is 11.8 Å². The highest BCUT2D eigenvalue weighted by atomic mass is 16.2. The van der Waals surface area contributed by atoms with E-state index in [0.717, 1.165) is 55.7 Å². The molecule has 6 nitrogen and oxygen atoms in total. The minimum atomic E-state index is -0.0336. The summed E-state index contributed by atoms with van der Waals surface area (Å²) in [6, 6.07) is 7.93. The van der Waals surface area contributed by atoms with Crippen LogP contribution in [-0.2, 0) is 6.54 Å². The van der Waals surface area contributed by atoms with Crippen LogP contribution in [0.1, 0.15) is 62.8 Å². The average molecular weight is 366 g/mol. The molecule has 1 fully saturated rings. The number of aromatic nitrogens is 2. The van der Waals surface area contributed by atoms with Crippen molar-refractivity contribution in [2.45, 2.75) is 45.6 Å². The Hall–Kier alpha value is -2.63. The first kappa shape index (κ1) is 17.8. The van der Waals surface area contributed by atoms with E-state index in [1.54, 1.807) is 0 Å². The van der Waals surface area contributed by atoms with Crippen molar-refractivity contribution in [2.24, 2.45) is 0 Å². The second-order valence-electron chi connectivity index (χ2n) is 7.67. The first-order valence-corrected chi connectivity index (χ1v) is 9.75. The van der Waals surface area contributed by atoms with Crippen molar-refractivity contribution in [3.8, 4) is 0 Å². The number of amides is 2. The lowest BCUT2D eigenvalue weighted by molar-refractivity contribution is 0.0711.